The second-order valence-corrected chi connectivity index (χ2v) is 9.16. The number of rotatable bonds is 6. The summed E-state index contributed by atoms with van der Waals surface area (Å²) in [5.41, 5.74) is 4.84. The van der Waals surface area contributed by atoms with Gasteiger partial charge in [0.25, 0.3) is 0 Å². The summed E-state index contributed by atoms with van der Waals surface area (Å²) < 4.78 is 1.89. The number of hydrogen-bond acceptors (Lipinski definition) is 6. The Labute approximate surface area is 193 Å². The Hall–Kier alpha value is -2.68. The molecule has 6 nitrogen and oxygen atoms in total. The molecule has 158 valence electrons. The Balaban J connectivity index is 1.54. The average Bonchev–Trinajstić information content (AvgIpc) is 3.39. The van der Waals surface area contributed by atoms with Crippen LogP contribution in [-0.4, -0.2) is 25.7 Å². The van der Waals surface area contributed by atoms with E-state index in [9.17, 15) is 4.79 Å². The van der Waals surface area contributed by atoms with Gasteiger partial charge in [0.05, 0.1) is 17.1 Å². The van der Waals surface area contributed by atoms with Gasteiger partial charge in [0.2, 0.25) is 5.91 Å². The molecule has 0 aliphatic heterocycles. The minimum Gasteiger partial charge on any atom is -0.277 e. The minimum absolute atomic E-state index is 0.0667. The van der Waals surface area contributed by atoms with E-state index in [1.807, 2.05) is 66.3 Å². The largest absolute Gasteiger partial charge is 0.277 e. The first-order chi connectivity index (χ1) is 14.9. The Bertz CT molecular complexity index is 1240. The molecule has 0 spiro atoms. The van der Waals surface area contributed by atoms with Crippen molar-refractivity contribution in [2.45, 2.75) is 31.7 Å². The van der Waals surface area contributed by atoms with Crippen molar-refractivity contribution in [2.75, 3.05) is 4.90 Å². The van der Waals surface area contributed by atoms with Crippen LogP contribution < -0.4 is 4.90 Å². The molecule has 1 amide bonds. The maximum absolute atomic E-state index is 12.4. The standard InChI is InChI=1S/C22H20ClN5OS2/c1-14-6-4-9-20(15(14)2)28(16(3)29)21-25-18(11-30-21)12-31-22-26-24-13-27(22)19-8-5-7-17(23)10-19/h4-11,13H,12H2,1-3H3. The molecule has 4 rings (SSSR count). The van der Waals surface area contributed by atoms with Crippen LogP contribution in [-0.2, 0) is 10.5 Å². The van der Waals surface area contributed by atoms with E-state index in [4.69, 9.17) is 16.6 Å². The summed E-state index contributed by atoms with van der Waals surface area (Å²) in [4.78, 5) is 18.8. The molecule has 31 heavy (non-hydrogen) atoms. The van der Waals surface area contributed by atoms with Crippen LogP contribution in [0.2, 0.25) is 5.02 Å². The summed E-state index contributed by atoms with van der Waals surface area (Å²) in [6.07, 6.45) is 1.67. The third-order valence-electron chi connectivity index (χ3n) is 4.81. The molecule has 2 heterocycles. The number of anilines is 2. The van der Waals surface area contributed by atoms with E-state index >= 15 is 0 Å². The van der Waals surface area contributed by atoms with Gasteiger partial charge in [-0.3, -0.25) is 14.3 Å². The van der Waals surface area contributed by atoms with Crippen LogP contribution >= 0.6 is 34.7 Å². The minimum atomic E-state index is -0.0667. The SMILES string of the molecule is CC(=O)N(c1nc(CSc2nncn2-c2cccc(Cl)c2)cs1)c1cccc(C)c1C. The zero-order valence-corrected chi connectivity index (χ0v) is 19.6. The molecule has 0 atom stereocenters. The van der Waals surface area contributed by atoms with Gasteiger partial charge >= 0.3 is 0 Å². The van der Waals surface area contributed by atoms with Gasteiger partial charge in [-0.1, -0.05) is 41.6 Å². The van der Waals surface area contributed by atoms with Crippen molar-refractivity contribution in [2.24, 2.45) is 0 Å². The topological polar surface area (TPSA) is 63.9 Å². The van der Waals surface area contributed by atoms with Gasteiger partial charge in [-0.15, -0.1) is 21.5 Å². The van der Waals surface area contributed by atoms with Crippen molar-refractivity contribution in [3.63, 3.8) is 0 Å². The smallest absolute Gasteiger partial charge is 0.230 e. The Kier molecular flexibility index (Phi) is 6.41. The first-order valence-electron chi connectivity index (χ1n) is 9.54. The third kappa shape index (κ3) is 4.66. The highest BCUT2D eigenvalue weighted by molar-refractivity contribution is 7.98. The monoisotopic (exact) mass is 469 g/mol. The second-order valence-electron chi connectivity index (χ2n) is 6.95. The van der Waals surface area contributed by atoms with E-state index in [2.05, 4.69) is 10.2 Å². The van der Waals surface area contributed by atoms with Crippen LogP contribution in [0.15, 0.2) is 59.3 Å². The van der Waals surface area contributed by atoms with Crippen molar-refractivity contribution < 1.29 is 4.79 Å². The summed E-state index contributed by atoms with van der Waals surface area (Å²) in [6, 6.07) is 13.5. The first-order valence-corrected chi connectivity index (χ1v) is 11.8. The molecule has 2 aromatic heterocycles. The molecule has 4 aromatic rings. The lowest BCUT2D eigenvalue weighted by atomic mass is 10.1. The summed E-state index contributed by atoms with van der Waals surface area (Å²) >= 11 is 9.10. The van der Waals surface area contributed by atoms with Gasteiger partial charge < -0.3 is 0 Å². The first kappa shape index (κ1) is 21.5. The van der Waals surface area contributed by atoms with Crippen LogP contribution in [0.1, 0.15) is 23.7 Å². The van der Waals surface area contributed by atoms with E-state index in [1.54, 1.807) is 18.2 Å². The van der Waals surface area contributed by atoms with Crippen LogP contribution in [0.25, 0.3) is 5.69 Å². The van der Waals surface area contributed by atoms with Crippen molar-refractivity contribution in [3.8, 4) is 5.69 Å². The summed E-state index contributed by atoms with van der Waals surface area (Å²) in [6.45, 7) is 5.62. The number of thioether (sulfide) groups is 1. The van der Waals surface area contributed by atoms with Gasteiger partial charge in [0.15, 0.2) is 10.3 Å². The van der Waals surface area contributed by atoms with Crippen molar-refractivity contribution >= 4 is 51.4 Å². The number of aromatic nitrogens is 4. The molecule has 0 aliphatic carbocycles. The van der Waals surface area contributed by atoms with Crippen molar-refractivity contribution in [1.82, 2.24) is 19.7 Å². The highest BCUT2D eigenvalue weighted by atomic mass is 35.5. The number of aryl methyl sites for hydroxylation is 1. The fourth-order valence-electron chi connectivity index (χ4n) is 3.11. The summed E-state index contributed by atoms with van der Waals surface area (Å²) in [7, 11) is 0. The van der Waals surface area contributed by atoms with E-state index in [1.165, 1.54) is 23.1 Å². The molecular weight excluding hydrogens is 450 g/mol. The number of benzene rings is 2. The molecule has 0 aliphatic rings. The predicted octanol–water partition coefficient (Wildman–Crippen LogP) is 5.97. The predicted molar refractivity (Wildman–Crippen MR) is 127 cm³/mol. The Morgan fingerprint density at radius 1 is 1.23 bits per heavy atom. The Morgan fingerprint density at radius 2 is 2.03 bits per heavy atom. The molecule has 0 saturated heterocycles. The Morgan fingerprint density at radius 3 is 2.81 bits per heavy atom. The summed E-state index contributed by atoms with van der Waals surface area (Å²) in [5, 5.41) is 12.3. The zero-order valence-electron chi connectivity index (χ0n) is 17.2. The van der Waals surface area contributed by atoms with E-state index in [0.29, 0.717) is 15.9 Å². The van der Waals surface area contributed by atoms with E-state index in [-0.39, 0.29) is 5.91 Å². The quantitative estimate of drug-likeness (QED) is 0.325. The van der Waals surface area contributed by atoms with Crippen molar-refractivity contribution in [3.05, 3.63) is 76.0 Å². The van der Waals surface area contributed by atoms with Crippen LogP contribution in [0, 0.1) is 13.8 Å². The maximum atomic E-state index is 12.4. The molecule has 0 fully saturated rings. The lowest BCUT2D eigenvalue weighted by molar-refractivity contribution is -0.115. The summed E-state index contributed by atoms with van der Waals surface area (Å²) in [5.74, 6) is 0.539. The molecule has 0 bridgehead atoms. The van der Waals surface area contributed by atoms with Crippen LogP contribution in [0.4, 0.5) is 10.8 Å². The molecule has 0 unspecified atom stereocenters. The lowest BCUT2D eigenvalue weighted by Gasteiger charge is -2.21. The number of halogens is 1. The number of carbonyl (C=O) groups excluding carboxylic acids is 1. The van der Waals surface area contributed by atoms with Crippen molar-refractivity contribution in [1.29, 1.82) is 0 Å². The number of hydrogen-bond donors (Lipinski definition) is 0. The molecule has 0 N–H and O–H groups in total. The van der Waals surface area contributed by atoms with Gasteiger partial charge in [-0.25, -0.2) is 4.98 Å². The number of carbonyl (C=O) groups is 1. The third-order valence-corrected chi connectivity index (χ3v) is 6.90. The number of nitrogens with zero attached hydrogens (tertiary/aromatic N) is 5. The van der Waals surface area contributed by atoms with E-state index in [0.717, 1.165) is 33.4 Å². The number of thiazole rings is 1. The maximum Gasteiger partial charge on any atom is 0.230 e. The molecular formula is C22H20ClN5OS2. The zero-order chi connectivity index (χ0) is 22.0. The second kappa shape index (κ2) is 9.21. The fourth-order valence-corrected chi connectivity index (χ4v) is 5.11. The van der Waals surface area contributed by atoms with Gasteiger partial charge in [-0.05, 0) is 49.2 Å². The van der Waals surface area contributed by atoms with Crippen LogP contribution in [0.3, 0.4) is 0 Å². The molecule has 2 aromatic carbocycles. The lowest BCUT2D eigenvalue weighted by Crippen LogP contribution is -2.23. The molecule has 0 radical (unpaired) electrons. The fraction of sp³-hybridized carbons (Fsp3) is 0.182. The highest BCUT2D eigenvalue weighted by Crippen LogP contribution is 2.34. The molecule has 0 saturated carbocycles. The highest BCUT2D eigenvalue weighted by Gasteiger charge is 2.20. The van der Waals surface area contributed by atoms with Crippen LogP contribution in [0.5, 0.6) is 0 Å². The van der Waals surface area contributed by atoms with Gasteiger partial charge in [0.1, 0.15) is 6.33 Å². The van der Waals surface area contributed by atoms with E-state index < -0.39 is 0 Å². The van der Waals surface area contributed by atoms with Gasteiger partial charge in [0, 0.05) is 23.1 Å². The average molecular weight is 470 g/mol. The van der Waals surface area contributed by atoms with Gasteiger partial charge in [-0.2, -0.15) is 0 Å². The molecule has 9 heteroatoms. The number of amides is 1. The normalized spacial score (nSPS) is 11.0.